The summed E-state index contributed by atoms with van der Waals surface area (Å²) >= 11 is 1.11. The highest BCUT2D eigenvalue weighted by molar-refractivity contribution is 7.07. The molecular weight excluding hydrogens is 250 g/mol. The smallest absolute Gasteiger partial charge is 0.267 e. The highest BCUT2D eigenvalue weighted by Crippen LogP contribution is 2.24. The summed E-state index contributed by atoms with van der Waals surface area (Å²) in [4.78, 5) is 14.5. The van der Waals surface area contributed by atoms with Crippen molar-refractivity contribution >= 4 is 17.4 Å². The average molecular weight is 261 g/mol. The molecule has 0 saturated heterocycles. The van der Waals surface area contributed by atoms with Gasteiger partial charge in [0.05, 0.1) is 6.20 Å². The Morgan fingerprint density at radius 1 is 1.39 bits per heavy atom. The normalized spacial score (nSPS) is 14.3. The maximum Gasteiger partial charge on any atom is 0.267 e. The van der Waals surface area contributed by atoms with Crippen molar-refractivity contribution in [3.63, 3.8) is 0 Å². The molecule has 0 saturated carbocycles. The zero-order valence-electron chi connectivity index (χ0n) is 9.54. The van der Waals surface area contributed by atoms with Crippen molar-refractivity contribution in [3.05, 3.63) is 40.4 Å². The standard InChI is InChI=1S/C12H11N3O2S/c16-10-2-1-8-3-4-15(7-9(8)5-10)12(17)11-6-13-14-18-11/h1-2,5-6,16H,3-4,7H2. The predicted octanol–water partition coefficient (Wildman–Crippen LogP) is 1.44. The number of phenolic OH excluding ortho intramolecular Hbond substituents is 1. The fourth-order valence-corrected chi connectivity index (χ4v) is 2.62. The van der Waals surface area contributed by atoms with Gasteiger partial charge in [-0.3, -0.25) is 4.79 Å². The minimum absolute atomic E-state index is 0.0426. The second-order valence-electron chi connectivity index (χ2n) is 4.21. The van der Waals surface area contributed by atoms with E-state index in [0.29, 0.717) is 18.0 Å². The van der Waals surface area contributed by atoms with E-state index in [-0.39, 0.29) is 11.7 Å². The molecule has 3 rings (SSSR count). The number of fused-ring (bicyclic) bond motifs is 1. The Balaban J connectivity index is 1.84. The Bertz CT molecular complexity index is 583. The number of benzene rings is 1. The molecule has 18 heavy (non-hydrogen) atoms. The van der Waals surface area contributed by atoms with Gasteiger partial charge >= 0.3 is 0 Å². The molecule has 0 radical (unpaired) electrons. The Morgan fingerprint density at radius 2 is 2.28 bits per heavy atom. The van der Waals surface area contributed by atoms with Crippen molar-refractivity contribution < 1.29 is 9.90 Å². The molecule has 5 nitrogen and oxygen atoms in total. The van der Waals surface area contributed by atoms with Gasteiger partial charge in [-0.2, -0.15) is 0 Å². The molecular formula is C12H11N3O2S. The first-order valence-electron chi connectivity index (χ1n) is 5.61. The van der Waals surface area contributed by atoms with Gasteiger partial charge < -0.3 is 10.0 Å². The highest BCUT2D eigenvalue weighted by atomic mass is 32.1. The second kappa shape index (κ2) is 4.38. The zero-order valence-corrected chi connectivity index (χ0v) is 10.4. The number of carbonyl (C=O) groups excluding carboxylic acids is 1. The molecule has 1 aromatic heterocycles. The number of nitrogens with zero attached hydrogens (tertiary/aromatic N) is 3. The summed E-state index contributed by atoms with van der Waals surface area (Å²) in [5.74, 6) is 0.196. The molecule has 92 valence electrons. The van der Waals surface area contributed by atoms with E-state index in [1.165, 1.54) is 11.8 Å². The molecule has 0 unspecified atom stereocenters. The SMILES string of the molecule is O=C(c1cnns1)N1CCc2ccc(O)cc2C1. The van der Waals surface area contributed by atoms with E-state index in [9.17, 15) is 9.90 Å². The number of phenols is 1. The highest BCUT2D eigenvalue weighted by Gasteiger charge is 2.23. The minimum atomic E-state index is -0.0426. The molecule has 0 aliphatic carbocycles. The van der Waals surface area contributed by atoms with E-state index in [0.717, 1.165) is 23.5 Å². The van der Waals surface area contributed by atoms with Gasteiger partial charge in [-0.1, -0.05) is 10.6 Å². The van der Waals surface area contributed by atoms with Gasteiger partial charge in [0, 0.05) is 13.1 Å². The first-order chi connectivity index (χ1) is 8.74. The largest absolute Gasteiger partial charge is 0.508 e. The first kappa shape index (κ1) is 11.2. The number of hydrogen-bond acceptors (Lipinski definition) is 5. The van der Waals surface area contributed by atoms with Crippen molar-refractivity contribution in [2.75, 3.05) is 6.54 Å². The van der Waals surface area contributed by atoms with Crippen LogP contribution < -0.4 is 0 Å². The van der Waals surface area contributed by atoms with Crippen molar-refractivity contribution in [1.29, 1.82) is 0 Å². The van der Waals surface area contributed by atoms with E-state index in [1.54, 1.807) is 17.0 Å². The third kappa shape index (κ3) is 1.95. The van der Waals surface area contributed by atoms with Crippen LogP contribution in [0, 0.1) is 0 Å². The molecule has 1 N–H and O–H groups in total. The maximum absolute atomic E-state index is 12.1. The molecule has 0 atom stereocenters. The van der Waals surface area contributed by atoms with E-state index >= 15 is 0 Å². The van der Waals surface area contributed by atoms with E-state index < -0.39 is 0 Å². The average Bonchev–Trinajstić information content (AvgIpc) is 2.90. The number of hydrogen-bond donors (Lipinski definition) is 1. The van der Waals surface area contributed by atoms with Crippen molar-refractivity contribution in [1.82, 2.24) is 14.5 Å². The van der Waals surface area contributed by atoms with Crippen LogP contribution in [0.2, 0.25) is 0 Å². The third-order valence-electron chi connectivity index (χ3n) is 3.06. The van der Waals surface area contributed by atoms with Crippen LogP contribution in [0.15, 0.2) is 24.4 Å². The summed E-state index contributed by atoms with van der Waals surface area (Å²) in [6, 6.07) is 5.32. The Morgan fingerprint density at radius 3 is 3.06 bits per heavy atom. The molecule has 1 aliphatic heterocycles. The fraction of sp³-hybridized carbons (Fsp3) is 0.250. The predicted molar refractivity (Wildman–Crippen MR) is 66.5 cm³/mol. The molecule has 2 aromatic rings. The third-order valence-corrected chi connectivity index (χ3v) is 3.71. The maximum atomic E-state index is 12.1. The first-order valence-corrected chi connectivity index (χ1v) is 6.39. The number of aromatic hydroxyl groups is 1. The molecule has 0 fully saturated rings. The summed E-state index contributed by atoms with van der Waals surface area (Å²) in [6.45, 7) is 1.22. The molecule has 1 amide bonds. The summed E-state index contributed by atoms with van der Waals surface area (Å²) in [6.07, 6.45) is 2.30. The topological polar surface area (TPSA) is 66.3 Å². The van der Waals surface area contributed by atoms with Crippen molar-refractivity contribution in [2.24, 2.45) is 0 Å². The van der Waals surface area contributed by atoms with E-state index in [4.69, 9.17) is 0 Å². The van der Waals surface area contributed by atoms with Gasteiger partial charge in [0.25, 0.3) is 5.91 Å². The van der Waals surface area contributed by atoms with Gasteiger partial charge in [0.2, 0.25) is 0 Å². The molecule has 0 bridgehead atoms. The van der Waals surface area contributed by atoms with Gasteiger partial charge in [-0.15, -0.1) is 5.10 Å². The lowest BCUT2D eigenvalue weighted by atomic mass is 9.99. The van der Waals surface area contributed by atoms with Gasteiger partial charge in [0.15, 0.2) is 0 Å². The summed E-state index contributed by atoms with van der Waals surface area (Å²) in [5.41, 5.74) is 2.20. The Labute approximate surface area is 108 Å². The fourth-order valence-electron chi connectivity index (χ4n) is 2.13. The van der Waals surface area contributed by atoms with Crippen molar-refractivity contribution in [3.8, 4) is 5.75 Å². The van der Waals surface area contributed by atoms with Crippen LogP contribution in [0.5, 0.6) is 5.75 Å². The van der Waals surface area contributed by atoms with Gasteiger partial charge in [0.1, 0.15) is 10.6 Å². The number of rotatable bonds is 1. The zero-order chi connectivity index (χ0) is 12.5. The molecule has 1 aromatic carbocycles. The van der Waals surface area contributed by atoms with Crippen LogP contribution in [0.3, 0.4) is 0 Å². The van der Waals surface area contributed by atoms with E-state index in [2.05, 4.69) is 9.59 Å². The van der Waals surface area contributed by atoms with E-state index in [1.807, 2.05) is 6.07 Å². The molecule has 0 spiro atoms. The van der Waals surface area contributed by atoms with Crippen LogP contribution in [0.25, 0.3) is 0 Å². The number of aromatic nitrogens is 2. The van der Waals surface area contributed by atoms with Crippen molar-refractivity contribution in [2.45, 2.75) is 13.0 Å². The Hall–Kier alpha value is -1.95. The van der Waals surface area contributed by atoms with Crippen LogP contribution in [0.1, 0.15) is 20.8 Å². The molecule has 6 heteroatoms. The number of amides is 1. The lowest BCUT2D eigenvalue weighted by molar-refractivity contribution is 0.0739. The Kier molecular flexibility index (Phi) is 2.71. The lowest BCUT2D eigenvalue weighted by Crippen LogP contribution is -2.35. The van der Waals surface area contributed by atoms with Crippen LogP contribution in [-0.2, 0) is 13.0 Å². The molecule has 2 heterocycles. The van der Waals surface area contributed by atoms with Gasteiger partial charge in [-0.05, 0) is 41.2 Å². The number of carbonyl (C=O) groups is 1. The summed E-state index contributed by atoms with van der Waals surface area (Å²) in [7, 11) is 0. The second-order valence-corrected chi connectivity index (χ2v) is 5.00. The lowest BCUT2D eigenvalue weighted by Gasteiger charge is -2.28. The van der Waals surface area contributed by atoms with Crippen LogP contribution >= 0.6 is 11.5 Å². The molecule has 1 aliphatic rings. The van der Waals surface area contributed by atoms with Gasteiger partial charge in [-0.25, -0.2) is 0 Å². The van der Waals surface area contributed by atoms with Crippen LogP contribution in [0.4, 0.5) is 0 Å². The monoisotopic (exact) mass is 261 g/mol. The summed E-state index contributed by atoms with van der Waals surface area (Å²) < 4.78 is 3.70. The van der Waals surface area contributed by atoms with Crippen LogP contribution in [-0.4, -0.2) is 32.0 Å². The summed E-state index contributed by atoms with van der Waals surface area (Å²) in [5, 5.41) is 13.2. The quantitative estimate of drug-likeness (QED) is 0.843. The minimum Gasteiger partial charge on any atom is -0.508 e.